The molecule has 1 fully saturated rings. The lowest BCUT2D eigenvalue weighted by atomic mass is 9.84. The summed E-state index contributed by atoms with van der Waals surface area (Å²) >= 11 is 0. The zero-order valence-corrected chi connectivity index (χ0v) is 14.5. The van der Waals surface area contributed by atoms with Gasteiger partial charge >= 0.3 is 0 Å². The smallest absolute Gasteiger partial charge is 0.267 e. The summed E-state index contributed by atoms with van der Waals surface area (Å²) in [5.41, 5.74) is 5.82. The van der Waals surface area contributed by atoms with E-state index in [1.54, 1.807) is 6.07 Å². The summed E-state index contributed by atoms with van der Waals surface area (Å²) in [6, 6.07) is 14.0. The quantitative estimate of drug-likeness (QED) is 0.617. The number of amides is 1. The van der Waals surface area contributed by atoms with Crippen molar-refractivity contribution in [2.24, 2.45) is 5.10 Å². The molecule has 1 aliphatic rings. The molecule has 3 rings (SSSR count). The average molecular weight is 338 g/mol. The molecule has 2 aromatic rings. The van der Waals surface area contributed by atoms with Gasteiger partial charge in [-0.1, -0.05) is 49.6 Å². The van der Waals surface area contributed by atoms with Gasteiger partial charge in [-0.05, 0) is 55.0 Å². The maximum atomic E-state index is 13.2. The van der Waals surface area contributed by atoms with Crippen LogP contribution in [0.5, 0.6) is 0 Å². The molecule has 0 aliphatic heterocycles. The topological polar surface area (TPSA) is 41.5 Å². The maximum Gasteiger partial charge on any atom is 0.271 e. The summed E-state index contributed by atoms with van der Waals surface area (Å²) in [5, 5.41) is 4.14. The fourth-order valence-corrected chi connectivity index (χ4v) is 3.33. The number of carbonyl (C=O) groups is 1. The molecule has 0 spiro atoms. The minimum absolute atomic E-state index is 0.254. The van der Waals surface area contributed by atoms with E-state index in [-0.39, 0.29) is 5.56 Å². The van der Waals surface area contributed by atoms with Crippen molar-refractivity contribution in [1.29, 1.82) is 0 Å². The van der Waals surface area contributed by atoms with Gasteiger partial charge in [0.15, 0.2) is 0 Å². The van der Waals surface area contributed by atoms with Crippen LogP contribution in [0.2, 0.25) is 0 Å². The van der Waals surface area contributed by atoms with Crippen molar-refractivity contribution in [1.82, 2.24) is 5.43 Å². The van der Waals surface area contributed by atoms with Crippen molar-refractivity contribution in [3.63, 3.8) is 0 Å². The van der Waals surface area contributed by atoms with Gasteiger partial charge in [0.2, 0.25) is 0 Å². The standard InChI is InChI=1S/C21H23FN2O/c1-15(23-24-21(25)19-8-5-9-20(22)14-19)16-10-12-18(13-11-16)17-6-3-2-4-7-17/h5,8-14,17H,2-4,6-7H2,1H3,(H,24,25)/b23-15-. The second-order valence-corrected chi connectivity index (χ2v) is 6.61. The third-order valence-corrected chi connectivity index (χ3v) is 4.82. The highest BCUT2D eigenvalue weighted by Gasteiger charge is 2.15. The number of nitrogens with zero attached hydrogens (tertiary/aromatic N) is 1. The molecule has 0 atom stereocenters. The molecule has 0 aromatic heterocycles. The summed E-state index contributed by atoms with van der Waals surface area (Å²) < 4.78 is 13.2. The molecular weight excluding hydrogens is 315 g/mol. The van der Waals surface area contributed by atoms with Gasteiger partial charge in [-0.2, -0.15) is 5.10 Å². The van der Waals surface area contributed by atoms with E-state index in [1.165, 1.54) is 55.9 Å². The van der Waals surface area contributed by atoms with Crippen LogP contribution in [0.3, 0.4) is 0 Å². The molecule has 2 aromatic carbocycles. The molecule has 0 unspecified atom stereocenters. The largest absolute Gasteiger partial charge is 0.271 e. The SMILES string of the molecule is C/C(=N/NC(=O)c1cccc(F)c1)c1ccc(C2CCCCC2)cc1. The van der Waals surface area contributed by atoms with E-state index in [0.717, 1.165) is 11.3 Å². The van der Waals surface area contributed by atoms with E-state index in [2.05, 4.69) is 34.8 Å². The molecule has 0 saturated heterocycles. The van der Waals surface area contributed by atoms with Crippen LogP contribution in [0.1, 0.15) is 66.4 Å². The summed E-state index contributed by atoms with van der Waals surface area (Å²) in [7, 11) is 0. The second-order valence-electron chi connectivity index (χ2n) is 6.61. The monoisotopic (exact) mass is 338 g/mol. The third-order valence-electron chi connectivity index (χ3n) is 4.82. The first kappa shape index (κ1) is 17.3. The summed E-state index contributed by atoms with van der Waals surface area (Å²) in [4.78, 5) is 12.0. The molecule has 1 amide bonds. The third kappa shape index (κ3) is 4.53. The Bertz CT molecular complexity index is 762. The van der Waals surface area contributed by atoms with Crippen molar-refractivity contribution in [2.75, 3.05) is 0 Å². The van der Waals surface area contributed by atoms with Crippen LogP contribution >= 0.6 is 0 Å². The zero-order chi connectivity index (χ0) is 17.6. The first-order valence-corrected chi connectivity index (χ1v) is 8.84. The van der Waals surface area contributed by atoms with Crippen LogP contribution in [-0.2, 0) is 0 Å². The first-order chi connectivity index (χ1) is 12.1. The molecule has 1 N–H and O–H groups in total. The minimum Gasteiger partial charge on any atom is -0.267 e. The van der Waals surface area contributed by atoms with Crippen LogP contribution in [0, 0.1) is 5.82 Å². The molecular formula is C21H23FN2O. The lowest BCUT2D eigenvalue weighted by Crippen LogP contribution is -2.19. The van der Waals surface area contributed by atoms with Crippen LogP contribution in [0.15, 0.2) is 53.6 Å². The maximum absolute atomic E-state index is 13.2. The number of nitrogens with one attached hydrogen (secondary N) is 1. The van der Waals surface area contributed by atoms with Gasteiger partial charge in [0, 0.05) is 5.56 Å². The van der Waals surface area contributed by atoms with Crippen molar-refractivity contribution >= 4 is 11.6 Å². The Kier molecular flexibility index (Phi) is 5.59. The van der Waals surface area contributed by atoms with Gasteiger partial charge in [0.05, 0.1) is 5.71 Å². The molecule has 0 bridgehead atoms. The van der Waals surface area contributed by atoms with Crippen LogP contribution in [0.4, 0.5) is 4.39 Å². The van der Waals surface area contributed by atoms with E-state index in [9.17, 15) is 9.18 Å². The lowest BCUT2D eigenvalue weighted by molar-refractivity contribution is 0.0954. The Labute approximate surface area is 148 Å². The van der Waals surface area contributed by atoms with Gasteiger partial charge in [-0.15, -0.1) is 0 Å². The van der Waals surface area contributed by atoms with Crippen molar-refractivity contribution in [3.8, 4) is 0 Å². The molecule has 0 heterocycles. The number of carbonyl (C=O) groups excluding carboxylic acids is 1. The molecule has 1 aliphatic carbocycles. The van der Waals surface area contributed by atoms with Crippen molar-refractivity contribution in [2.45, 2.75) is 44.9 Å². The number of hydrazone groups is 1. The fraction of sp³-hybridized carbons (Fsp3) is 0.333. The van der Waals surface area contributed by atoms with E-state index in [1.807, 2.05) is 6.92 Å². The summed E-state index contributed by atoms with van der Waals surface area (Å²) in [6.07, 6.45) is 6.54. The van der Waals surface area contributed by atoms with Gasteiger partial charge in [-0.25, -0.2) is 9.82 Å². The van der Waals surface area contributed by atoms with Crippen LogP contribution in [-0.4, -0.2) is 11.6 Å². The highest BCUT2D eigenvalue weighted by Crippen LogP contribution is 2.32. The van der Waals surface area contributed by atoms with E-state index in [0.29, 0.717) is 5.92 Å². The summed E-state index contributed by atoms with van der Waals surface area (Å²) in [5.74, 6) is -0.183. The predicted octanol–water partition coefficient (Wildman–Crippen LogP) is 5.03. The van der Waals surface area contributed by atoms with Crippen LogP contribution < -0.4 is 5.43 Å². The number of rotatable bonds is 4. The number of halogens is 1. The first-order valence-electron chi connectivity index (χ1n) is 8.84. The number of hydrogen-bond donors (Lipinski definition) is 1. The molecule has 3 nitrogen and oxygen atoms in total. The number of benzene rings is 2. The summed E-state index contributed by atoms with van der Waals surface area (Å²) in [6.45, 7) is 1.85. The Hall–Kier alpha value is -2.49. The van der Waals surface area contributed by atoms with Gasteiger partial charge < -0.3 is 0 Å². The average Bonchev–Trinajstić information content (AvgIpc) is 2.66. The van der Waals surface area contributed by atoms with Gasteiger partial charge in [0.25, 0.3) is 5.91 Å². The lowest BCUT2D eigenvalue weighted by Gasteiger charge is -2.22. The fourth-order valence-electron chi connectivity index (χ4n) is 3.33. The van der Waals surface area contributed by atoms with Crippen molar-refractivity contribution in [3.05, 3.63) is 71.0 Å². The van der Waals surface area contributed by atoms with Crippen LogP contribution in [0.25, 0.3) is 0 Å². The minimum atomic E-state index is -0.438. The molecule has 1 saturated carbocycles. The van der Waals surface area contributed by atoms with E-state index < -0.39 is 11.7 Å². The Balaban J connectivity index is 1.64. The Morgan fingerprint density at radius 2 is 1.76 bits per heavy atom. The zero-order valence-electron chi connectivity index (χ0n) is 14.5. The molecule has 25 heavy (non-hydrogen) atoms. The molecule has 0 radical (unpaired) electrons. The normalized spacial score (nSPS) is 15.8. The van der Waals surface area contributed by atoms with Crippen molar-refractivity contribution < 1.29 is 9.18 Å². The molecule has 4 heteroatoms. The Morgan fingerprint density at radius 3 is 2.44 bits per heavy atom. The van der Waals surface area contributed by atoms with Gasteiger partial charge in [0.1, 0.15) is 5.82 Å². The van der Waals surface area contributed by atoms with Gasteiger partial charge in [-0.3, -0.25) is 4.79 Å². The predicted molar refractivity (Wildman–Crippen MR) is 98.3 cm³/mol. The Morgan fingerprint density at radius 1 is 1.04 bits per heavy atom. The highest BCUT2D eigenvalue weighted by atomic mass is 19.1. The molecule has 130 valence electrons. The second kappa shape index (κ2) is 8.06. The van der Waals surface area contributed by atoms with E-state index >= 15 is 0 Å². The highest BCUT2D eigenvalue weighted by molar-refractivity contribution is 6.00. The van der Waals surface area contributed by atoms with E-state index in [4.69, 9.17) is 0 Å². The number of hydrogen-bond acceptors (Lipinski definition) is 2.